The van der Waals surface area contributed by atoms with Crippen molar-refractivity contribution in [3.05, 3.63) is 60.2 Å². The first kappa shape index (κ1) is 13.1. The quantitative estimate of drug-likeness (QED) is 0.737. The van der Waals surface area contributed by atoms with E-state index in [4.69, 9.17) is 4.99 Å². The van der Waals surface area contributed by atoms with E-state index >= 15 is 0 Å². The van der Waals surface area contributed by atoms with Crippen LogP contribution in [0.2, 0.25) is 0 Å². The van der Waals surface area contributed by atoms with E-state index in [1.165, 1.54) is 0 Å². The highest BCUT2D eigenvalue weighted by Gasteiger charge is 2.30. The fourth-order valence-electron chi connectivity index (χ4n) is 2.25. The number of fused-ring (bicyclic) bond motifs is 1. The molecular weight excluding hydrogens is 316 g/mol. The van der Waals surface area contributed by atoms with Crippen LogP contribution in [0, 0.1) is 0 Å². The van der Waals surface area contributed by atoms with Gasteiger partial charge in [0.05, 0.1) is 17.1 Å². The van der Waals surface area contributed by atoms with E-state index in [1.54, 1.807) is 11.9 Å². The smallest absolute Gasteiger partial charge is 0.246 e. The number of halogens is 1. The molecule has 4 heteroatoms. The number of alkyl halides is 1. The minimum absolute atomic E-state index is 0.0162. The van der Waals surface area contributed by atoms with Crippen molar-refractivity contribution < 1.29 is 4.79 Å². The predicted molar refractivity (Wildman–Crippen MR) is 85.2 cm³/mol. The Hall–Kier alpha value is -1.94. The second kappa shape index (κ2) is 5.21. The topological polar surface area (TPSA) is 32.7 Å². The van der Waals surface area contributed by atoms with Gasteiger partial charge >= 0.3 is 0 Å². The Kier molecular flexibility index (Phi) is 3.40. The molecule has 1 atom stereocenters. The molecule has 0 saturated carbocycles. The van der Waals surface area contributed by atoms with Gasteiger partial charge in [0.25, 0.3) is 0 Å². The number of aliphatic imine (C=N–C) groups is 1. The van der Waals surface area contributed by atoms with E-state index in [2.05, 4.69) is 15.9 Å². The van der Waals surface area contributed by atoms with Crippen LogP contribution in [0.5, 0.6) is 0 Å². The van der Waals surface area contributed by atoms with Gasteiger partial charge in [0.2, 0.25) is 5.91 Å². The molecule has 1 aliphatic heterocycles. The Morgan fingerprint density at radius 2 is 1.70 bits per heavy atom. The lowest BCUT2D eigenvalue weighted by atomic mass is 10.1. The summed E-state index contributed by atoms with van der Waals surface area (Å²) in [5, 5.41) is 0. The Labute approximate surface area is 126 Å². The Balaban J connectivity index is 2.20. The number of carbonyl (C=O) groups is 1. The molecule has 100 valence electrons. The van der Waals surface area contributed by atoms with Crippen LogP contribution >= 0.6 is 15.9 Å². The molecule has 2 aromatic carbocycles. The first-order valence-corrected chi connectivity index (χ1v) is 7.25. The summed E-state index contributed by atoms with van der Waals surface area (Å²) in [5.41, 5.74) is 3.33. The van der Waals surface area contributed by atoms with Crippen LogP contribution in [0.4, 0.5) is 11.4 Å². The fourth-order valence-corrected chi connectivity index (χ4v) is 2.93. The minimum Gasteiger partial charge on any atom is -0.312 e. The van der Waals surface area contributed by atoms with Gasteiger partial charge in [-0.1, -0.05) is 58.4 Å². The number of carbonyl (C=O) groups excluding carboxylic acids is 1. The Morgan fingerprint density at radius 1 is 1.05 bits per heavy atom. The number of anilines is 1. The highest BCUT2D eigenvalue weighted by molar-refractivity contribution is 9.10. The van der Waals surface area contributed by atoms with Gasteiger partial charge in [-0.3, -0.25) is 4.79 Å². The van der Waals surface area contributed by atoms with E-state index < -0.39 is 4.83 Å². The van der Waals surface area contributed by atoms with Crippen LogP contribution in [-0.4, -0.2) is 23.5 Å². The molecule has 20 heavy (non-hydrogen) atoms. The van der Waals surface area contributed by atoms with Gasteiger partial charge in [0.15, 0.2) is 0 Å². The van der Waals surface area contributed by atoms with E-state index in [9.17, 15) is 4.79 Å². The maximum atomic E-state index is 12.5. The SMILES string of the molecule is CN1C(=O)C(Br)C(c2ccccc2)=Nc2ccccc21. The van der Waals surface area contributed by atoms with Crippen molar-refractivity contribution in [3.8, 4) is 0 Å². The van der Waals surface area contributed by atoms with E-state index in [1.807, 2.05) is 54.6 Å². The fraction of sp³-hybridized carbons (Fsp3) is 0.125. The predicted octanol–water partition coefficient (Wildman–Crippen LogP) is 3.55. The van der Waals surface area contributed by atoms with Crippen molar-refractivity contribution in [2.75, 3.05) is 11.9 Å². The van der Waals surface area contributed by atoms with Crippen molar-refractivity contribution in [2.24, 2.45) is 4.99 Å². The summed E-state index contributed by atoms with van der Waals surface area (Å²) >= 11 is 3.48. The summed E-state index contributed by atoms with van der Waals surface area (Å²) in [7, 11) is 1.78. The molecule has 1 aliphatic rings. The highest BCUT2D eigenvalue weighted by atomic mass is 79.9. The molecule has 0 bridgehead atoms. The van der Waals surface area contributed by atoms with Crippen molar-refractivity contribution in [1.29, 1.82) is 0 Å². The zero-order chi connectivity index (χ0) is 14.1. The number of nitrogens with zero attached hydrogens (tertiary/aromatic N) is 2. The van der Waals surface area contributed by atoms with Gasteiger partial charge in [-0.05, 0) is 17.7 Å². The number of hydrogen-bond donors (Lipinski definition) is 0. The molecule has 1 heterocycles. The van der Waals surface area contributed by atoms with Gasteiger partial charge in [-0.2, -0.15) is 0 Å². The molecule has 0 spiro atoms. The Morgan fingerprint density at radius 3 is 2.45 bits per heavy atom. The van der Waals surface area contributed by atoms with Crippen LogP contribution in [-0.2, 0) is 4.79 Å². The molecule has 3 rings (SSSR count). The average molecular weight is 329 g/mol. The second-order valence-corrected chi connectivity index (χ2v) is 5.53. The second-order valence-electron chi connectivity index (χ2n) is 4.61. The van der Waals surface area contributed by atoms with Gasteiger partial charge in [0.1, 0.15) is 4.83 Å². The van der Waals surface area contributed by atoms with Crippen molar-refractivity contribution in [3.63, 3.8) is 0 Å². The molecule has 0 fully saturated rings. The standard InChI is InChI=1S/C16H13BrN2O/c1-19-13-10-6-5-9-12(13)18-15(14(17)16(19)20)11-7-3-2-4-8-11/h2-10,14H,1H3. The molecule has 0 saturated heterocycles. The lowest BCUT2D eigenvalue weighted by Crippen LogP contribution is -2.36. The average Bonchev–Trinajstić information content (AvgIpc) is 2.60. The molecule has 2 aromatic rings. The van der Waals surface area contributed by atoms with E-state index in [0.717, 1.165) is 22.6 Å². The van der Waals surface area contributed by atoms with Crippen LogP contribution < -0.4 is 4.90 Å². The molecule has 3 nitrogen and oxygen atoms in total. The number of hydrogen-bond acceptors (Lipinski definition) is 2. The van der Waals surface area contributed by atoms with Crippen LogP contribution in [0.1, 0.15) is 5.56 Å². The summed E-state index contributed by atoms with van der Waals surface area (Å²) in [6.07, 6.45) is 0. The summed E-state index contributed by atoms with van der Waals surface area (Å²) < 4.78 is 0. The number of amides is 1. The third kappa shape index (κ3) is 2.16. The summed E-state index contributed by atoms with van der Waals surface area (Å²) in [6, 6.07) is 17.4. The first-order valence-electron chi connectivity index (χ1n) is 6.33. The molecule has 0 aliphatic carbocycles. The molecular formula is C16H13BrN2O. The molecule has 0 aromatic heterocycles. The highest BCUT2D eigenvalue weighted by Crippen LogP contribution is 2.33. The largest absolute Gasteiger partial charge is 0.312 e. The molecule has 0 N–H and O–H groups in total. The first-order chi connectivity index (χ1) is 9.68. The maximum absolute atomic E-state index is 12.5. The third-order valence-corrected chi connectivity index (χ3v) is 4.17. The van der Waals surface area contributed by atoms with Gasteiger partial charge < -0.3 is 4.90 Å². The number of benzene rings is 2. The normalized spacial score (nSPS) is 18.3. The number of para-hydroxylation sites is 2. The van der Waals surface area contributed by atoms with Crippen LogP contribution in [0.3, 0.4) is 0 Å². The molecule has 1 amide bonds. The van der Waals surface area contributed by atoms with Gasteiger partial charge in [0, 0.05) is 7.05 Å². The minimum atomic E-state index is -0.442. The number of rotatable bonds is 1. The lowest BCUT2D eigenvalue weighted by molar-refractivity contribution is -0.116. The zero-order valence-corrected chi connectivity index (χ0v) is 12.5. The maximum Gasteiger partial charge on any atom is 0.246 e. The Bertz CT molecular complexity index is 682. The summed E-state index contributed by atoms with van der Waals surface area (Å²) in [6.45, 7) is 0. The van der Waals surface area contributed by atoms with Crippen molar-refractivity contribution in [1.82, 2.24) is 0 Å². The molecule has 1 unspecified atom stereocenters. The molecule has 0 radical (unpaired) electrons. The van der Waals surface area contributed by atoms with Crippen molar-refractivity contribution >= 4 is 38.9 Å². The van der Waals surface area contributed by atoms with E-state index in [0.29, 0.717) is 0 Å². The lowest BCUT2D eigenvalue weighted by Gasteiger charge is -2.18. The zero-order valence-electron chi connectivity index (χ0n) is 11.0. The monoisotopic (exact) mass is 328 g/mol. The van der Waals surface area contributed by atoms with Crippen LogP contribution in [0.25, 0.3) is 0 Å². The van der Waals surface area contributed by atoms with E-state index in [-0.39, 0.29) is 5.91 Å². The van der Waals surface area contributed by atoms with Crippen LogP contribution in [0.15, 0.2) is 59.6 Å². The third-order valence-electron chi connectivity index (χ3n) is 3.34. The van der Waals surface area contributed by atoms with Gasteiger partial charge in [-0.15, -0.1) is 0 Å². The van der Waals surface area contributed by atoms with Gasteiger partial charge in [-0.25, -0.2) is 4.99 Å². The summed E-state index contributed by atoms with van der Waals surface area (Å²) in [4.78, 5) is 18.4. The van der Waals surface area contributed by atoms with Crippen molar-refractivity contribution in [2.45, 2.75) is 4.83 Å². The summed E-state index contributed by atoms with van der Waals surface area (Å²) in [5.74, 6) is -0.0162.